The van der Waals surface area contributed by atoms with Gasteiger partial charge in [0.15, 0.2) is 11.6 Å². The number of aromatic nitrogens is 1. The Morgan fingerprint density at radius 2 is 1.88 bits per heavy atom. The Labute approximate surface area is 155 Å². The average Bonchev–Trinajstić information content (AvgIpc) is 2.68. The molecule has 26 heavy (non-hydrogen) atoms. The summed E-state index contributed by atoms with van der Waals surface area (Å²) in [5.41, 5.74) is 1.65. The third-order valence-electron chi connectivity index (χ3n) is 4.85. The first kappa shape index (κ1) is 18.2. The predicted octanol–water partition coefficient (Wildman–Crippen LogP) is 4.36. The molecule has 0 saturated heterocycles. The molecular weight excluding hydrogens is 326 g/mol. The van der Waals surface area contributed by atoms with Crippen molar-refractivity contribution in [2.45, 2.75) is 32.1 Å². The number of amides is 1. The molecule has 1 aromatic carbocycles. The van der Waals surface area contributed by atoms with E-state index in [1.165, 1.54) is 32.1 Å². The minimum Gasteiger partial charge on any atom is -0.489 e. The molecule has 1 heterocycles. The number of hydrogen-bond acceptors (Lipinski definition) is 4. The number of ether oxygens (including phenoxy) is 1. The van der Waals surface area contributed by atoms with Crippen molar-refractivity contribution in [3.8, 4) is 5.75 Å². The largest absolute Gasteiger partial charge is 0.489 e. The molecule has 138 valence electrons. The monoisotopic (exact) mass is 353 g/mol. The van der Waals surface area contributed by atoms with Gasteiger partial charge in [-0.1, -0.05) is 19.3 Å². The lowest BCUT2D eigenvalue weighted by atomic mass is 9.90. The molecule has 2 aromatic rings. The van der Waals surface area contributed by atoms with Crippen LogP contribution in [-0.4, -0.2) is 31.6 Å². The maximum atomic E-state index is 12.5. The topological polar surface area (TPSA) is 54.5 Å². The van der Waals surface area contributed by atoms with Crippen molar-refractivity contribution in [1.82, 2.24) is 4.98 Å². The lowest BCUT2D eigenvalue weighted by Gasteiger charge is -2.22. The average molecular weight is 353 g/mol. The van der Waals surface area contributed by atoms with Crippen molar-refractivity contribution in [2.24, 2.45) is 5.92 Å². The van der Waals surface area contributed by atoms with Crippen LogP contribution in [0.2, 0.25) is 0 Å². The zero-order chi connectivity index (χ0) is 18.4. The van der Waals surface area contributed by atoms with Crippen molar-refractivity contribution in [1.29, 1.82) is 0 Å². The molecule has 3 rings (SSSR count). The van der Waals surface area contributed by atoms with Gasteiger partial charge in [0.1, 0.15) is 0 Å². The number of pyridine rings is 1. The van der Waals surface area contributed by atoms with Gasteiger partial charge in [-0.3, -0.25) is 4.79 Å². The molecule has 1 N–H and O–H groups in total. The van der Waals surface area contributed by atoms with Crippen LogP contribution in [0.25, 0.3) is 0 Å². The molecule has 1 amide bonds. The molecule has 0 radical (unpaired) electrons. The number of hydrogen-bond donors (Lipinski definition) is 1. The minimum absolute atomic E-state index is 0.184. The first-order chi connectivity index (χ1) is 12.6. The summed E-state index contributed by atoms with van der Waals surface area (Å²) in [5.74, 6) is 1.53. The van der Waals surface area contributed by atoms with Gasteiger partial charge >= 0.3 is 0 Å². The van der Waals surface area contributed by atoms with Gasteiger partial charge in [0.25, 0.3) is 5.91 Å². The summed E-state index contributed by atoms with van der Waals surface area (Å²) in [5, 5.41) is 2.87. The van der Waals surface area contributed by atoms with Gasteiger partial charge in [0, 0.05) is 31.5 Å². The van der Waals surface area contributed by atoms with Crippen molar-refractivity contribution in [2.75, 3.05) is 30.9 Å². The van der Waals surface area contributed by atoms with E-state index in [1.807, 2.05) is 55.4 Å². The molecule has 1 fully saturated rings. The van der Waals surface area contributed by atoms with Crippen LogP contribution in [0.3, 0.4) is 0 Å². The van der Waals surface area contributed by atoms with Gasteiger partial charge in [-0.15, -0.1) is 0 Å². The summed E-state index contributed by atoms with van der Waals surface area (Å²) in [4.78, 5) is 18.8. The van der Waals surface area contributed by atoms with E-state index < -0.39 is 0 Å². The number of benzene rings is 1. The molecule has 0 spiro atoms. The third-order valence-corrected chi connectivity index (χ3v) is 4.85. The fourth-order valence-electron chi connectivity index (χ4n) is 3.25. The first-order valence-electron chi connectivity index (χ1n) is 9.30. The van der Waals surface area contributed by atoms with Crippen LogP contribution < -0.4 is 15.0 Å². The van der Waals surface area contributed by atoms with Crippen LogP contribution in [0.1, 0.15) is 42.5 Å². The SMILES string of the molecule is CN(C)c1ccc(C(=O)Nc2ncccc2OCC2CCCCC2)cc1. The Morgan fingerprint density at radius 3 is 2.58 bits per heavy atom. The maximum absolute atomic E-state index is 12.5. The highest BCUT2D eigenvalue weighted by atomic mass is 16.5. The molecule has 1 aliphatic carbocycles. The normalized spacial score (nSPS) is 14.7. The molecule has 1 aromatic heterocycles. The van der Waals surface area contributed by atoms with E-state index in [4.69, 9.17) is 4.74 Å². The van der Waals surface area contributed by atoms with E-state index in [0.717, 1.165) is 5.69 Å². The highest BCUT2D eigenvalue weighted by Crippen LogP contribution is 2.27. The summed E-state index contributed by atoms with van der Waals surface area (Å²) in [6.07, 6.45) is 8.01. The van der Waals surface area contributed by atoms with Crippen LogP contribution in [0.15, 0.2) is 42.6 Å². The van der Waals surface area contributed by atoms with E-state index in [2.05, 4.69) is 10.3 Å². The molecule has 0 aliphatic heterocycles. The van der Waals surface area contributed by atoms with Gasteiger partial charge in [-0.2, -0.15) is 0 Å². The molecule has 5 heteroatoms. The second-order valence-electron chi connectivity index (χ2n) is 7.06. The van der Waals surface area contributed by atoms with Crippen LogP contribution in [0.5, 0.6) is 5.75 Å². The Hall–Kier alpha value is -2.56. The van der Waals surface area contributed by atoms with Gasteiger partial charge in [0.05, 0.1) is 6.61 Å². The van der Waals surface area contributed by atoms with Crippen LogP contribution in [-0.2, 0) is 0 Å². The Kier molecular flexibility index (Phi) is 6.10. The second kappa shape index (κ2) is 8.70. The fraction of sp³-hybridized carbons (Fsp3) is 0.429. The van der Waals surface area contributed by atoms with Gasteiger partial charge < -0.3 is 15.0 Å². The predicted molar refractivity (Wildman–Crippen MR) is 105 cm³/mol. The summed E-state index contributed by atoms with van der Waals surface area (Å²) < 4.78 is 5.98. The Balaban J connectivity index is 1.64. The van der Waals surface area contributed by atoms with Crippen molar-refractivity contribution in [3.63, 3.8) is 0 Å². The number of carbonyl (C=O) groups is 1. The molecular formula is C21H27N3O2. The van der Waals surface area contributed by atoms with E-state index in [0.29, 0.717) is 29.7 Å². The quantitative estimate of drug-likeness (QED) is 0.838. The number of rotatable bonds is 6. The van der Waals surface area contributed by atoms with E-state index in [1.54, 1.807) is 6.20 Å². The lowest BCUT2D eigenvalue weighted by Crippen LogP contribution is -2.18. The fourth-order valence-corrected chi connectivity index (χ4v) is 3.25. The van der Waals surface area contributed by atoms with Gasteiger partial charge in [-0.25, -0.2) is 4.98 Å². The highest BCUT2D eigenvalue weighted by molar-refractivity contribution is 6.04. The van der Waals surface area contributed by atoms with Crippen molar-refractivity contribution >= 4 is 17.4 Å². The molecule has 0 bridgehead atoms. The number of nitrogens with zero attached hydrogens (tertiary/aromatic N) is 2. The summed E-state index contributed by atoms with van der Waals surface area (Å²) in [6, 6.07) is 11.2. The first-order valence-corrected chi connectivity index (χ1v) is 9.30. The Morgan fingerprint density at radius 1 is 1.15 bits per heavy atom. The molecule has 5 nitrogen and oxygen atoms in total. The minimum atomic E-state index is -0.184. The zero-order valence-corrected chi connectivity index (χ0v) is 15.6. The van der Waals surface area contributed by atoms with E-state index in [-0.39, 0.29) is 5.91 Å². The molecule has 1 saturated carbocycles. The number of carbonyl (C=O) groups excluding carboxylic acids is 1. The summed E-state index contributed by atoms with van der Waals surface area (Å²) in [7, 11) is 3.94. The van der Waals surface area contributed by atoms with E-state index >= 15 is 0 Å². The van der Waals surface area contributed by atoms with Crippen molar-refractivity contribution < 1.29 is 9.53 Å². The lowest BCUT2D eigenvalue weighted by molar-refractivity contribution is 0.102. The Bertz CT molecular complexity index is 722. The van der Waals surface area contributed by atoms with Crippen LogP contribution >= 0.6 is 0 Å². The maximum Gasteiger partial charge on any atom is 0.256 e. The molecule has 0 unspecified atom stereocenters. The van der Waals surface area contributed by atoms with Crippen LogP contribution in [0.4, 0.5) is 11.5 Å². The second-order valence-corrected chi connectivity index (χ2v) is 7.06. The zero-order valence-electron chi connectivity index (χ0n) is 15.6. The summed E-state index contributed by atoms with van der Waals surface area (Å²) >= 11 is 0. The van der Waals surface area contributed by atoms with E-state index in [9.17, 15) is 4.79 Å². The summed E-state index contributed by atoms with van der Waals surface area (Å²) in [6.45, 7) is 0.687. The highest BCUT2D eigenvalue weighted by Gasteiger charge is 2.16. The third kappa shape index (κ3) is 4.75. The van der Waals surface area contributed by atoms with Crippen molar-refractivity contribution in [3.05, 3.63) is 48.2 Å². The van der Waals surface area contributed by atoms with Gasteiger partial charge in [0.2, 0.25) is 0 Å². The smallest absolute Gasteiger partial charge is 0.256 e. The molecule has 1 aliphatic rings. The van der Waals surface area contributed by atoms with Gasteiger partial charge in [-0.05, 0) is 55.2 Å². The van der Waals surface area contributed by atoms with Crippen LogP contribution in [0, 0.1) is 5.92 Å². The standard InChI is InChI=1S/C21H27N3O2/c1-24(2)18-12-10-17(11-13-18)21(25)23-20-19(9-6-14-22-20)26-15-16-7-4-3-5-8-16/h6,9-14,16H,3-5,7-8,15H2,1-2H3,(H,22,23,25). The molecule has 0 atom stereocenters. The number of nitrogens with one attached hydrogen (secondary N) is 1. The number of anilines is 2.